The molecule has 0 bridgehead atoms. The van der Waals surface area contributed by atoms with E-state index in [0.29, 0.717) is 36.7 Å². The Kier molecular flexibility index (Phi) is 7.66. The van der Waals surface area contributed by atoms with Crippen LogP contribution in [0.25, 0.3) is 0 Å². The number of carbonyl (C=O) groups excluding carboxylic acids is 1. The van der Waals surface area contributed by atoms with Crippen LogP contribution < -0.4 is 0 Å². The van der Waals surface area contributed by atoms with Gasteiger partial charge in [0.05, 0.1) is 12.2 Å². The molecule has 154 valence electrons. The lowest BCUT2D eigenvalue weighted by Gasteiger charge is -2.40. The second kappa shape index (κ2) is 9.98. The third-order valence-corrected chi connectivity index (χ3v) is 7.83. The first-order valence-electron chi connectivity index (χ1n) is 11.7. The summed E-state index contributed by atoms with van der Waals surface area (Å²) in [5, 5.41) is 10.4. The molecule has 27 heavy (non-hydrogen) atoms. The molecular weight excluding hydrogens is 336 g/mol. The highest BCUT2D eigenvalue weighted by Crippen LogP contribution is 2.46. The van der Waals surface area contributed by atoms with Gasteiger partial charge >= 0.3 is 5.97 Å². The summed E-state index contributed by atoms with van der Waals surface area (Å²) in [4.78, 5) is 11.9. The average molecular weight is 377 g/mol. The summed E-state index contributed by atoms with van der Waals surface area (Å²) in [6, 6.07) is 0. The summed E-state index contributed by atoms with van der Waals surface area (Å²) in [6.45, 7) is 4.51. The van der Waals surface area contributed by atoms with E-state index in [4.69, 9.17) is 4.74 Å². The van der Waals surface area contributed by atoms with E-state index < -0.39 is 0 Å². The molecule has 2 saturated carbocycles. The van der Waals surface area contributed by atoms with Crippen LogP contribution in [0, 0.1) is 29.6 Å². The van der Waals surface area contributed by atoms with Crippen LogP contribution in [0.15, 0.2) is 11.3 Å². The molecule has 0 spiro atoms. The van der Waals surface area contributed by atoms with Crippen molar-refractivity contribution in [3.63, 3.8) is 0 Å². The maximum atomic E-state index is 11.9. The van der Waals surface area contributed by atoms with Crippen molar-refractivity contribution in [3.05, 3.63) is 11.3 Å². The minimum atomic E-state index is -0.309. The smallest absolute Gasteiger partial charge is 0.337 e. The van der Waals surface area contributed by atoms with Gasteiger partial charge in [0.25, 0.3) is 0 Å². The van der Waals surface area contributed by atoms with Gasteiger partial charge in [-0.05, 0) is 87.9 Å². The van der Waals surface area contributed by atoms with Crippen LogP contribution in [0.4, 0.5) is 0 Å². The largest absolute Gasteiger partial charge is 0.512 e. The Hall–Kier alpha value is -0.990. The number of ether oxygens (including phenoxy) is 1. The molecule has 1 atom stereocenters. The first kappa shape index (κ1) is 20.7. The molecule has 3 rings (SSSR count). The topological polar surface area (TPSA) is 46.5 Å². The summed E-state index contributed by atoms with van der Waals surface area (Å²) < 4.78 is 5.08. The lowest BCUT2D eigenvalue weighted by Crippen LogP contribution is -2.30. The second-order valence-electron chi connectivity index (χ2n) is 9.39. The van der Waals surface area contributed by atoms with E-state index >= 15 is 0 Å². The van der Waals surface area contributed by atoms with Gasteiger partial charge in [0.2, 0.25) is 0 Å². The molecule has 0 amide bonds. The van der Waals surface area contributed by atoms with Crippen molar-refractivity contribution in [1.82, 2.24) is 0 Å². The summed E-state index contributed by atoms with van der Waals surface area (Å²) in [6.07, 6.45) is 16.5. The van der Waals surface area contributed by atoms with Gasteiger partial charge in [0, 0.05) is 6.42 Å². The van der Waals surface area contributed by atoms with E-state index in [1.54, 1.807) is 0 Å². The average Bonchev–Trinajstić information content (AvgIpc) is 2.69. The first-order chi connectivity index (χ1) is 13.1. The molecular formula is C24H40O3. The quantitative estimate of drug-likeness (QED) is 0.533. The lowest BCUT2D eigenvalue weighted by atomic mass is 9.65. The third kappa shape index (κ3) is 5.29. The lowest BCUT2D eigenvalue weighted by molar-refractivity contribution is -0.139. The molecule has 0 heterocycles. The molecule has 3 aliphatic carbocycles. The van der Waals surface area contributed by atoms with Crippen LogP contribution in [0.1, 0.15) is 97.3 Å². The molecule has 3 aliphatic rings. The number of aliphatic hydroxyl groups is 1. The fourth-order valence-corrected chi connectivity index (χ4v) is 6.23. The molecule has 3 heteroatoms. The minimum absolute atomic E-state index is 0.307. The summed E-state index contributed by atoms with van der Waals surface area (Å²) in [7, 11) is 0. The van der Waals surface area contributed by atoms with Gasteiger partial charge < -0.3 is 9.84 Å². The maximum absolute atomic E-state index is 11.9. The monoisotopic (exact) mass is 376 g/mol. The standard InChI is InChI=1S/C24H40O3/c1-3-5-17-6-8-18(9-7-17)19-10-12-20(13-11-19)21-14-15-22(23(25)16-21)24(26)27-4-2/h17-21,25H,3-16H2,1-2H3. The first-order valence-corrected chi connectivity index (χ1v) is 11.7. The summed E-state index contributed by atoms with van der Waals surface area (Å²) in [5.74, 6) is 4.24. The van der Waals surface area contributed by atoms with Gasteiger partial charge in [-0.2, -0.15) is 0 Å². The second-order valence-corrected chi connectivity index (χ2v) is 9.39. The fraction of sp³-hybridized carbons (Fsp3) is 0.875. The number of rotatable bonds is 6. The molecule has 0 saturated heterocycles. The van der Waals surface area contributed by atoms with Crippen molar-refractivity contribution in [2.45, 2.75) is 97.3 Å². The van der Waals surface area contributed by atoms with Gasteiger partial charge in [-0.25, -0.2) is 4.79 Å². The van der Waals surface area contributed by atoms with E-state index in [2.05, 4.69) is 6.92 Å². The van der Waals surface area contributed by atoms with Gasteiger partial charge in [-0.3, -0.25) is 0 Å². The predicted molar refractivity (Wildman–Crippen MR) is 109 cm³/mol. The molecule has 0 aliphatic heterocycles. The van der Waals surface area contributed by atoms with Crippen molar-refractivity contribution in [2.75, 3.05) is 6.61 Å². The van der Waals surface area contributed by atoms with Crippen LogP contribution in [0.3, 0.4) is 0 Å². The van der Waals surface area contributed by atoms with Crippen molar-refractivity contribution in [1.29, 1.82) is 0 Å². The van der Waals surface area contributed by atoms with Crippen molar-refractivity contribution in [3.8, 4) is 0 Å². The highest BCUT2D eigenvalue weighted by molar-refractivity contribution is 5.89. The number of hydrogen-bond donors (Lipinski definition) is 1. The van der Waals surface area contributed by atoms with E-state index in [1.807, 2.05) is 6.92 Å². The Balaban J connectivity index is 1.44. The van der Waals surface area contributed by atoms with Crippen LogP contribution in [-0.4, -0.2) is 17.7 Å². The molecule has 0 aromatic carbocycles. The van der Waals surface area contributed by atoms with Crippen LogP contribution in [-0.2, 0) is 9.53 Å². The normalized spacial score (nSPS) is 35.1. The Morgan fingerprint density at radius 2 is 1.44 bits per heavy atom. The Morgan fingerprint density at radius 3 is 1.96 bits per heavy atom. The van der Waals surface area contributed by atoms with E-state index in [0.717, 1.165) is 30.1 Å². The predicted octanol–water partition coefficient (Wildman–Crippen LogP) is 6.57. The molecule has 3 nitrogen and oxygen atoms in total. The van der Waals surface area contributed by atoms with Gasteiger partial charge in [-0.15, -0.1) is 0 Å². The number of hydrogen-bond acceptors (Lipinski definition) is 3. The van der Waals surface area contributed by atoms with E-state index in [9.17, 15) is 9.90 Å². The van der Waals surface area contributed by atoms with Crippen molar-refractivity contribution in [2.24, 2.45) is 29.6 Å². The Morgan fingerprint density at radius 1 is 0.889 bits per heavy atom. The highest BCUT2D eigenvalue weighted by atomic mass is 16.5. The van der Waals surface area contributed by atoms with E-state index in [-0.39, 0.29) is 5.97 Å². The SMILES string of the molecule is CCCC1CCC(C2CCC(C3CCC(C(=O)OCC)=C(O)C3)CC2)CC1. The highest BCUT2D eigenvalue weighted by Gasteiger charge is 2.35. The number of allylic oxidation sites excluding steroid dienone is 1. The van der Waals surface area contributed by atoms with Gasteiger partial charge in [-0.1, -0.05) is 32.6 Å². The molecule has 0 aromatic rings. The van der Waals surface area contributed by atoms with Gasteiger partial charge in [0.1, 0.15) is 5.76 Å². The molecule has 1 unspecified atom stereocenters. The zero-order valence-electron chi connectivity index (χ0n) is 17.5. The maximum Gasteiger partial charge on any atom is 0.337 e. The van der Waals surface area contributed by atoms with Crippen LogP contribution in [0.2, 0.25) is 0 Å². The molecule has 2 fully saturated rings. The minimum Gasteiger partial charge on any atom is -0.512 e. The molecule has 0 radical (unpaired) electrons. The Labute approximate surface area is 165 Å². The number of carbonyl (C=O) groups is 1. The third-order valence-electron chi connectivity index (χ3n) is 7.83. The summed E-state index contributed by atoms with van der Waals surface area (Å²) >= 11 is 0. The zero-order chi connectivity index (χ0) is 19.2. The summed E-state index contributed by atoms with van der Waals surface area (Å²) in [5.41, 5.74) is 0.533. The van der Waals surface area contributed by atoms with E-state index in [1.165, 1.54) is 64.2 Å². The van der Waals surface area contributed by atoms with Gasteiger partial charge in [0.15, 0.2) is 0 Å². The Bertz CT molecular complexity index is 508. The molecule has 1 N–H and O–H groups in total. The van der Waals surface area contributed by atoms with Crippen LogP contribution in [0.5, 0.6) is 0 Å². The fourth-order valence-electron chi connectivity index (χ4n) is 6.23. The molecule has 0 aromatic heterocycles. The van der Waals surface area contributed by atoms with Crippen molar-refractivity contribution < 1.29 is 14.6 Å². The number of esters is 1. The zero-order valence-corrected chi connectivity index (χ0v) is 17.5. The van der Waals surface area contributed by atoms with Crippen LogP contribution >= 0.6 is 0 Å². The van der Waals surface area contributed by atoms with Crippen molar-refractivity contribution >= 4 is 5.97 Å². The number of aliphatic hydroxyl groups excluding tert-OH is 1.